The maximum absolute atomic E-state index is 13.0. The van der Waals surface area contributed by atoms with Crippen molar-refractivity contribution in [2.75, 3.05) is 7.11 Å². The van der Waals surface area contributed by atoms with Crippen LogP contribution in [0, 0.1) is 0 Å². The molecule has 3 N–H and O–H groups in total. The van der Waals surface area contributed by atoms with Gasteiger partial charge in [-0.25, -0.2) is 4.79 Å². The average molecular weight is 430 g/mol. The van der Waals surface area contributed by atoms with Crippen molar-refractivity contribution in [3.63, 3.8) is 0 Å². The SMILES string of the molecule is CCCCCc1cc(O)c(OC(=O)c2c(CCC)cc(O)cc2OC)c(O)c1C(C)=O. The number of unbranched alkanes of at least 4 members (excludes halogenated alkanes) is 2. The van der Waals surface area contributed by atoms with Crippen LogP contribution in [0.15, 0.2) is 18.2 Å². The van der Waals surface area contributed by atoms with Crippen LogP contribution in [-0.4, -0.2) is 34.2 Å². The molecular formula is C24H30O7. The molecule has 0 saturated carbocycles. The molecule has 2 rings (SSSR count). The number of carbonyl (C=O) groups excluding carboxylic acids is 2. The summed E-state index contributed by atoms with van der Waals surface area (Å²) in [5, 5.41) is 31.0. The first-order valence-corrected chi connectivity index (χ1v) is 10.5. The molecule has 0 aliphatic heterocycles. The molecule has 0 aromatic heterocycles. The number of hydrogen-bond acceptors (Lipinski definition) is 7. The normalized spacial score (nSPS) is 10.7. The molecule has 0 atom stereocenters. The fraction of sp³-hybridized carbons (Fsp3) is 0.417. The van der Waals surface area contributed by atoms with E-state index >= 15 is 0 Å². The molecular weight excluding hydrogens is 400 g/mol. The van der Waals surface area contributed by atoms with Crippen molar-refractivity contribution in [1.82, 2.24) is 0 Å². The van der Waals surface area contributed by atoms with Crippen LogP contribution in [0.25, 0.3) is 0 Å². The lowest BCUT2D eigenvalue weighted by molar-refractivity contribution is 0.0717. The lowest BCUT2D eigenvalue weighted by atomic mass is 9.97. The summed E-state index contributed by atoms with van der Waals surface area (Å²) in [6, 6.07) is 4.09. The van der Waals surface area contributed by atoms with E-state index in [4.69, 9.17) is 9.47 Å². The van der Waals surface area contributed by atoms with Gasteiger partial charge < -0.3 is 24.8 Å². The van der Waals surface area contributed by atoms with Crippen molar-refractivity contribution in [2.45, 2.75) is 59.3 Å². The third kappa shape index (κ3) is 5.48. The molecule has 0 aliphatic rings. The van der Waals surface area contributed by atoms with Gasteiger partial charge in [-0.15, -0.1) is 0 Å². The minimum Gasteiger partial charge on any atom is -0.508 e. The maximum Gasteiger partial charge on any atom is 0.347 e. The van der Waals surface area contributed by atoms with Gasteiger partial charge in [0.1, 0.15) is 17.1 Å². The summed E-state index contributed by atoms with van der Waals surface area (Å²) in [5.41, 5.74) is 1.12. The fourth-order valence-electron chi connectivity index (χ4n) is 3.61. The van der Waals surface area contributed by atoms with Crippen LogP contribution in [0.5, 0.6) is 28.7 Å². The average Bonchev–Trinajstić information content (AvgIpc) is 2.70. The molecule has 0 amide bonds. The largest absolute Gasteiger partial charge is 0.508 e. The predicted octanol–water partition coefficient (Wildman–Crippen LogP) is 4.92. The molecule has 0 fully saturated rings. The smallest absolute Gasteiger partial charge is 0.347 e. The molecule has 2 aromatic carbocycles. The zero-order valence-electron chi connectivity index (χ0n) is 18.4. The molecule has 168 valence electrons. The Morgan fingerprint density at radius 2 is 1.58 bits per heavy atom. The van der Waals surface area contributed by atoms with E-state index in [9.17, 15) is 24.9 Å². The van der Waals surface area contributed by atoms with E-state index in [2.05, 4.69) is 0 Å². The summed E-state index contributed by atoms with van der Waals surface area (Å²) >= 11 is 0. The van der Waals surface area contributed by atoms with Crippen LogP contribution in [0.2, 0.25) is 0 Å². The van der Waals surface area contributed by atoms with Crippen LogP contribution in [0.3, 0.4) is 0 Å². The van der Waals surface area contributed by atoms with Crippen molar-refractivity contribution in [1.29, 1.82) is 0 Å². The highest BCUT2D eigenvalue weighted by atomic mass is 16.5. The first kappa shape index (κ1) is 24.1. The Hall–Kier alpha value is -3.22. The van der Waals surface area contributed by atoms with Gasteiger partial charge in [0.2, 0.25) is 5.75 Å². The molecule has 0 spiro atoms. The maximum atomic E-state index is 13.0. The standard InChI is InChI=1S/C24H30O7/c1-5-7-8-10-16-12-18(27)23(22(28)20(16)14(3)25)31-24(29)21-15(9-6-2)11-17(26)13-19(21)30-4/h11-13,26-28H,5-10H2,1-4H3. The highest BCUT2D eigenvalue weighted by Crippen LogP contribution is 2.42. The summed E-state index contributed by atoms with van der Waals surface area (Å²) in [7, 11) is 1.36. The van der Waals surface area contributed by atoms with Crippen LogP contribution < -0.4 is 9.47 Å². The number of aryl methyl sites for hydroxylation is 2. The Balaban J connectivity index is 2.51. The van der Waals surface area contributed by atoms with Gasteiger partial charge >= 0.3 is 5.97 Å². The van der Waals surface area contributed by atoms with Crippen molar-refractivity contribution < 1.29 is 34.4 Å². The Kier molecular flexibility index (Phi) is 8.30. The van der Waals surface area contributed by atoms with Crippen LogP contribution in [0.1, 0.15) is 78.3 Å². The number of hydrogen-bond donors (Lipinski definition) is 3. The van der Waals surface area contributed by atoms with Gasteiger partial charge in [-0.1, -0.05) is 33.1 Å². The molecule has 0 unspecified atom stereocenters. The number of phenols is 3. The van der Waals surface area contributed by atoms with Crippen LogP contribution in [-0.2, 0) is 12.8 Å². The number of phenolic OH excluding ortho intramolecular Hbond substituents is 3. The van der Waals surface area contributed by atoms with E-state index < -0.39 is 29.0 Å². The van der Waals surface area contributed by atoms with Crippen molar-refractivity contribution in [3.05, 3.63) is 40.5 Å². The Morgan fingerprint density at radius 3 is 2.16 bits per heavy atom. The van der Waals surface area contributed by atoms with E-state index in [-0.39, 0.29) is 22.6 Å². The van der Waals surface area contributed by atoms with Gasteiger partial charge in [0.25, 0.3) is 0 Å². The van der Waals surface area contributed by atoms with Gasteiger partial charge in [0.05, 0.1) is 12.7 Å². The monoisotopic (exact) mass is 430 g/mol. The second kappa shape index (κ2) is 10.7. The molecule has 0 bridgehead atoms. The number of benzene rings is 2. The molecule has 0 heterocycles. The number of rotatable bonds is 10. The molecule has 31 heavy (non-hydrogen) atoms. The topological polar surface area (TPSA) is 113 Å². The molecule has 0 radical (unpaired) electrons. The quantitative estimate of drug-likeness (QED) is 0.212. The minimum absolute atomic E-state index is 0.0307. The Labute approximate surface area is 182 Å². The van der Waals surface area contributed by atoms with Gasteiger partial charge in [0.15, 0.2) is 17.3 Å². The van der Waals surface area contributed by atoms with E-state index in [1.54, 1.807) is 0 Å². The second-order valence-corrected chi connectivity index (χ2v) is 7.44. The highest BCUT2D eigenvalue weighted by Gasteiger charge is 2.26. The lowest BCUT2D eigenvalue weighted by Crippen LogP contribution is -2.14. The molecule has 0 aliphatic carbocycles. The zero-order chi connectivity index (χ0) is 23.1. The summed E-state index contributed by atoms with van der Waals surface area (Å²) in [5.74, 6) is -2.70. The summed E-state index contributed by atoms with van der Waals surface area (Å²) in [6.45, 7) is 5.27. The molecule has 7 heteroatoms. The second-order valence-electron chi connectivity index (χ2n) is 7.44. The number of ether oxygens (including phenoxy) is 2. The van der Waals surface area contributed by atoms with E-state index in [0.717, 1.165) is 19.3 Å². The lowest BCUT2D eigenvalue weighted by Gasteiger charge is -2.17. The molecule has 2 aromatic rings. The summed E-state index contributed by atoms with van der Waals surface area (Å²) in [4.78, 5) is 25.2. The number of carbonyl (C=O) groups is 2. The number of ketones is 1. The first-order valence-electron chi connectivity index (χ1n) is 10.5. The Morgan fingerprint density at radius 1 is 0.903 bits per heavy atom. The van der Waals surface area contributed by atoms with Crippen molar-refractivity contribution >= 4 is 11.8 Å². The van der Waals surface area contributed by atoms with Crippen molar-refractivity contribution in [2.24, 2.45) is 0 Å². The number of Topliss-reactive ketones (excluding diaryl/α,β-unsaturated/α-hetero) is 1. The van der Waals surface area contributed by atoms with Crippen LogP contribution in [0.4, 0.5) is 0 Å². The fourth-order valence-corrected chi connectivity index (χ4v) is 3.61. The van der Waals surface area contributed by atoms with Gasteiger partial charge in [-0.05, 0) is 49.4 Å². The Bertz CT molecular complexity index is 963. The third-order valence-electron chi connectivity index (χ3n) is 5.03. The van der Waals surface area contributed by atoms with Gasteiger partial charge in [0, 0.05) is 6.07 Å². The van der Waals surface area contributed by atoms with E-state index in [1.165, 1.54) is 32.2 Å². The number of methoxy groups -OCH3 is 1. The number of esters is 1. The first-order chi connectivity index (χ1) is 14.7. The predicted molar refractivity (Wildman–Crippen MR) is 117 cm³/mol. The van der Waals surface area contributed by atoms with Crippen LogP contribution >= 0.6 is 0 Å². The number of aromatic hydroxyl groups is 3. The highest BCUT2D eigenvalue weighted by molar-refractivity contribution is 6.01. The zero-order valence-corrected chi connectivity index (χ0v) is 18.4. The minimum atomic E-state index is -0.876. The molecule has 0 saturated heterocycles. The summed E-state index contributed by atoms with van der Waals surface area (Å²) < 4.78 is 10.6. The molecule has 7 nitrogen and oxygen atoms in total. The van der Waals surface area contributed by atoms with Gasteiger partial charge in [-0.2, -0.15) is 0 Å². The third-order valence-corrected chi connectivity index (χ3v) is 5.03. The van der Waals surface area contributed by atoms with E-state index in [1.807, 2.05) is 13.8 Å². The summed E-state index contributed by atoms with van der Waals surface area (Å²) in [6.07, 6.45) is 4.39. The van der Waals surface area contributed by atoms with Crippen molar-refractivity contribution in [3.8, 4) is 28.7 Å². The van der Waals surface area contributed by atoms with E-state index in [0.29, 0.717) is 30.4 Å². The van der Waals surface area contributed by atoms with Gasteiger partial charge in [-0.3, -0.25) is 4.79 Å².